The number of hydrogen-bond donors (Lipinski definition) is 2. The summed E-state index contributed by atoms with van der Waals surface area (Å²) >= 11 is 5.90. The van der Waals surface area contributed by atoms with Gasteiger partial charge in [0.15, 0.2) is 5.11 Å². The van der Waals surface area contributed by atoms with Crippen molar-refractivity contribution in [3.05, 3.63) is 108 Å². The van der Waals surface area contributed by atoms with Crippen molar-refractivity contribution in [3.8, 4) is 5.69 Å². The zero-order valence-electron chi connectivity index (χ0n) is 21.0. The number of aromatic nitrogens is 2. The number of carbonyl (C=O) groups excluding carboxylic acids is 1. The third-order valence-electron chi connectivity index (χ3n) is 6.50. The number of benzene rings is 2. The van der Waals surface area contributed by atoms with Gasteiger partial charge in [0.1, 0.15) is 12.6 Å². The number of ether oxygens (including phenoxy) is 1. The number of methoxy groups -OCH3 is 1. The summed E-state index contributed by atoms with van der Waals surface area (Å²) in [6.45, 7) is 4.07. The molecule has 2 aromatic carbocycles. The first-order valence-electron chi connectivity index (χ1n) is 12.1. The molecule has 2 aromatic heterocycles. The van der Waals surface area contributed by atoms with Crippen molar-refractivity contribution in [2.75, 3.05) is 23.9 Å². The van der Waals surface area contributed by atoms with E-state index in [0.717, 1.165) is 34.0 Å². The minimum absolute atomic E-state index is 0.00506. The number of rotatable bonds is 7. The molecule has 7 nitrogen and oxygen atoms in total. The van der Waals surface area contributed by atoms with E-state index in [0.29, 0.717) is 5.11 Å². The zero-order chi connectivity index (χ0) is 25.9. The normalized spacial score (nSPS) is 17.1. The molecule has 2 N–H and O–H groups in total. The molecular weight excluding hydrogens is 482 g/mol. The van der Waals surface area contributed by atoms with E-state index < -0.39 is 0 Å². The van der Waals surface area contributed by atoms with Gasteiger partial charge in [0.2, 0.25) is 5.91 Å². The fraction of sp³-hybridized carbons (Fsp3) is 0.207. The molecule has 3 heterocycles. The standard InChI is InChI=1S/C29H29N5O2S/c1-19-8-6-9-21(16-19)33-15-7-11-25(33)28-27(24-10-4-5-14-30-24)32-29(37)34(28)22-12-13-23(20(2)17-22)31-26(35)18-36-3/h4-17,27-28H,18H2,1-3H3,(H,31,35)(H,32,37)/t27-,28+/m1/s1. The molecule has 1 aliphatic rings. The molecule has 0 radical (unpaired) electrons. The van der Waals surface area contributed by atoms with E-state index in [1.54, 1.807) is 6.20 Å². The predicted octanol–water partition coefficient (Wildman–Crippen LogP) is 5.25. The second kappa shape index (κ2) is 10.5. The molecule has 0 aliphatic carbocycles. The van der Waals surface area contributed by atoms with Crippen molar-refractivity contribution in [2.45, 2.75) is 25.9 Å². The topological polar surface area (TPSA) is 71.4 Å². The molecule has 4 aromatic rings. The molecule has 37 heavy (non-hydrogen) atoms. The molecule has 2 atom stereocenters. The van der Waals surface area contributed by atoms with Crippen LogP contribution < -0.4 is 15.5 Å². The summed E-state index contributed by atoms with van der Waals surface area (Å²) in [5.41, 5.74) is 6.88. The highest BCUT2D eigenvalue weighted by Crippen LogP contribution is 2.42. The number of nitrogens with one attached hydrogen (secondary N) is 2. The van der Waals surface area contributed by atoms with Crippen LogP contribution in [0.5, 0.6) is 0 Å². The largest absolute Gasteiger partial charge is 0.375 e. The monoisotopic (exact) mass is 511 g/mol. The first kappa shape index (κ1) is 24.7. The molecule has 1 amide bonds. The zero-order valence-corrected chi connectivity index (χ0v) is 21.8. The van der Waals surface area contributed by atoms with Gasteiger partial charge in [-0.25, -0.2) is 0 Å². The van der Waals surface area contributed by atoms with E-state index in [1.165, 1.54) is 12.7 Å². The quantitative estimate of drug-likeness (QED) is 0.330. The molecule has 1 fully saturated rings. The lowest BCUT2D eigenvalue weighted by Crippen LogP contribution is -2.30. The predicted molar refractivity (Wildman–Crippen MR) is 150 cm³/mol. The van der Waals surface area contributed by atoms with Crippen molar-refractivity contribution in [1.29, 1.82) is 0 Å². The molecular formula is C29H29N5O2S. The summed E-state index contributed by atoms with van der Waals surface area (Å²) in [6, 6.07) is 24.2. The molecule has 1 aliphatic heterocycles. The molecule has 0 saturated carbocycles. The summed E-state index contributed by atoms with van der Waals surface area (Å²) in [5.74, 6) is -0.194. The lowest BCUT2D eigenvalue weighted by Gasteiger charge is -2.29. The Labute approximate surface area is 222 Å². The maximum Gasteiger partial charge on any atom is 0.250 e. The maximum absolute atomic E-state index is 12.1. The smallest absolute Gasteiger partial charge is 0.250 e. The van der Waals surface area contributed by atoms with Gasteiger partial charge < -0.3 is 24.8 Å². The number of nitrogens with zero attached hydrogens (tertiary/aromatic N) is 3. The number of pyridine rings is 1. The highest BCUT2D eigenvalue weighted by molar-refractivity contribution is 7.80. The Morgan fingerprint density at radius 3 is 2.65 bits per heavy atom. The van der Waals surface area contributed by atoms with E-state index in [9.17, 15) is 4.79 Å². The van der Waals surface area contributed by atoms with Crippen molar-refractivity contribution >= 4 is 34.6 Å². The van der Waals surface area contributed by atoms with Crippen molar-refractivity contribution in [3.63, 3.8) is 0 Å². The van der Waals surface area contributed by atoms with Crippen LogP contribution in [0.2, 0.25) is 0 Å². The molecule has 188 valence electrons. The number of hydrogen-bond acceptors (Lipinski definition) is 4. The molecule has 0 spiro atoms. The average Bonchev–Trinajstić information content (AvgIpc) is 3.50. The van der Waals surface area contributed by atoms with E-state index in [4.69, 9.17) is 17.0 Å². The minimum atomic E-state index is -0.194. The van der Waals surface area contributed by atoms with E-state index in [1.807, 2.05) is 43.3 Å². The van der Waals surface area contributed by atoms with Crippen LogP contribution in [-0.4, -0.2) is 34.3 Å². The number of carbonyl (C=O) groups is 1. The van der Waals surface area contributed by atoms with Gasteiger partial charge in [0.05, 0.1) is 11.7 Å². The van der Waals surface area contributed by atoms with Crippen LogP contribution in [0.3, 0.4) is 0 Å². The average molecular weight is 512 g/mol. The van der Waals surface area contributed by atoms with E-state index >= 15 is 0 Å². The number of anilines is 2. The minimum Gasteiger partial charge on any atom is -0.375 e. The summed E-state index contributed by atoms with van der Waals surface area (Å²) < 4.78 is 7.16. The molecule has 0 bridgehead atoms. The molecule has 0 unspecified atom stereocenters. The van der Waals surface area contributed by atoms with Gasteiger partial charge in [-0.2, -0.15) is 0 Å². The third-order valence-corrected chi connectivity index (χ3v) is 6.81. The van der Waals surface area contributed by atoms with Gasteiger partial charge in [0.25, 0.3) is 0 Å². The Bertz CT molecular complexity index is 1440. The number of amides is 1. The van der Waals surface area contributed by atoms with Crippen LogP contribution in [0.1, 0.15) is 34.6 Å². The van der Waals surface area contributed by atoms with Crippen LogP contribution >= 0.6 is 12.2 Å². The Morgan fingerprint density at radius 1 is 1.05 bits per heavy atom. The Hall–Kier alpha value is -4.01. The van der Waals surface area contributed by atoms with E-state index in [-0.39, 0.29) is 24.6 Å². The van der Waals surface area contributed by atoms with Gasteiger partial charge in [0, 0.05) is 42.3 Å². The fourth-order valence-corrected chi connectivity index (χ4v) is 5.18. The van der Waals surface area contributed by atoms with Crippen molar-refractivity contribution in [1.82, 2.24) is 14.9 Å². The van der Waals surface area contributed by atoms with Crippen LogP contribution in [0, 0.1) is 13.8 Å². The second-order valence-electron chi connectivity index (χ2n) is 9.12. The maximum atomic E-state index is 12.1. The Balaban J connectivity index is 1.59. The lowest BCUT2D eigenvalue weighted by atomic mass is 10.00. The van der Waals surface area contributed by atoms with Gasteiger partial charge in [-0.3, -0.25) is 9.78 Å². The van der Waals surface area contributed by atoms with Gasteiger partial charge in [-0.1, -0.05) is 18.2 Å². The van der Waals surface area contributed by atoms with Crippen molar-refractivity contribution in [2.24, 2.45) is 0 Å². The third kappa shape index (κ3) is 4.98. The van der Waals surface area contributed by atoms with Gasteiger partial charge in [-0.05, 0) is 91.8 Å². The lowest BCUT2D eigenvalue weighted by molar-refractivity contribution is -0.119. The first-order valence-corrected chi connectivity index (χ1v) is 12.5. The fourth-order valence-electron chi connectivity index (χ4n) is 4.84. The highest BCUT2D eigenvalue weighted by Gasteiger charge is 2.42. The number of aryl methyl sites for hydroxylation is 2. The summed E-state index contributed by atoms with van der Waals surface area (Å²) in [5, 5.41) is 7.05. The molecule has 8 heteroatoms. The highest BCUT2D eigenvalue weighted by atomic mass is 32.1. The number of thiocarbonyl (C=S) groups is 1. The van der Waals surface area contributed by atoms with E-state index in [2.05, 4.69) is 74.6 Å². The molecule has 5 rings (SSSR count). The van der Waals surface area contributed by atoms with Crippen LogP contribution in [0.15, 0.2) is 85.2 Å². The Kier molecular flexibility index (Phi) is 7.03. The second-order valence-corrected chi connectivity index (χ2v) is 9.51. The summed E-state index contributed by atoms with van der Waals surface area (Å²) in [7, 11) is 1.50. The summed E-state index contributed by atoms with van der Waals surface area (Å²) in [6.07, 6.45) is 3.89. The van der Waals surface area contributed by atoms with Crippen LogP contribution in [-0.2, 0) is 9.53 Å². The van der Waals surface area contributed by atoms with Gasteiger partial charge in [-0.15, -0.1) is 0 Å². The Morgan fingerprint density at radius 2 is 1.92 bits per heavy atom. The van der Waals surface area contributed by atoms with Crippen molar-refractivity contribution < 1.29 is 9.53 Å². The molecule has 1 saturated heterocycles. The first-order chi connectivity index (χ1) is 18.0. The van der Waals surface area contributed by atoms with Crippen LogP contribution in [0.4, 0.5) is 11.4 Å². The summed E-state index contributed by atoms with van der Waals surface area (Å²) in [4.78, 5) is 18.9. The SMILES string of the molecule is COCC(=O)Nc1ccc(N2C(=S)N[C@H](c3ccccn3)[C@@H]2c2cccn2-c2cccc(C)c2)cc1C. The van der Waals surface area contributed by atoms with Gasteiger partial charge >= 0.3 is 0 Å². The van der Waals surface area contributed by atoms with Crippen LogP contribution in [0.25, 0.3) is 5.69 Å².